The standard InChI is InChI=1S/C13H14ClN3O3S/c1-13(12(16)18)4-5-17(8-13)21(19,20)11-6-9(7-15)2-3-10(11)14/h2-3,6H,4-5,8H2,1H3,(H2,16,18). The van der Waals surface area contributed by atoms with Crippen molar-refractivity contribution in [3.63, 3.8) is 0 Å². The fraction of sp³-hybridized carbons (Fsp3) is 0.385. The van der Waals surface area contributed by atoms with Gasteiger partial charge in [0.25, 0.3) is 0 Å². The highest BCUT2D eigenvalue weighted by atomic mass is 35.5. The van der Waals surface area contributed by atoms with Crippen LogP contribution >= 0.6 is 11.6 Å². The Morgan fingerprint density at radius 1 is 1.52 bits per heavy atom. The number of sulfonamides is 1. The Kier molecular flexibility index (Phi) is 3.97. The molecule has 1 saturated heterocycles. The third kappa shape index (κ3) is 2.75. The molecule has 1 unspecified atom stereocenters. The molecule has 0 aromatic heterocycles. The topological polar surface area (TPSA) is 104 Å². The first-order valence-electron chi connectivity index (χ1n) is 6.20. The molecular weight excluding hydrogens is 314 g/mol. The SMILES string of the molecule is CC1(C(N)=O)CCN(S(=O)(=O)c2cc(C#N)ccc2Cl)C1. The Morgan fingerprint density at radius 3 is 2.71 bits per heavy atom. The molecule has 8 heteroatoms. The number of hydrogen-bond donors (Lipinski definition) is 1. The second-order valence-corrected chi connectivity index (χ2v) is 7.58. The first-order chi connectivity index (χ1) is 9.70. The lowest BCUT2D eigenvalue weighted by Crippen LogP contribution is -2.38. The molecule has 0 spiro atoms. The third-order valence-electron chi connectivity index (χ3n) is 3.71. The Hall–Kier alpha value is -1.62. The molecule has 1 amide bonds. The van der Waals surface area contributed by atoms with Gasteiger partial charge in [0.1, 0.15) is 4.90 Å². The first-order valence-corrected chi connectivity index (χ1v) is 8.02. The molecule has 1 aliphatic heterocycles. The Labute approximate surface area is 128 Å². The van der Waals surface area contributed by atoms with E-state index in [0.29, 0.717) is 6.42 Å². The maximum Gasteiger partial charge on any atom is 0.244 e. The van der Waals surface area contributed by atoms with Crippen molar-refractivity contribution in [2.24, 2.45) is 11.1 Å². The van der Waals surface area contributed by atoms with Crippen LogP contribution in [0.3, 0.4) is 0 Å². The van der Waals surface area contributed by atoms with Crippen molar-refractivity contribution in [3.8, 4) is 6.07 Å². The van der Waals surface area contributed by atoms with Gasteiger partial charge in [-0.25, -0.2) is 8.42 Å². The number of benzene rings is 1. The maximum atomic E-state index is 12.6. The van der Waals surface area contributed by atoms with Crippen molar-refractivity contribution in [2.75, 3.05) is 13.1 Å². The van der Waals surface area contributed by atoms with Crippen LogP contribution in [0, 0.1) is 16.7 Å². The molecule has 1 aromatic carbocycles. The van der Waals surface area contributed by atoms with Gasteiger partial charge in [0.15, 0.2) is 0 Å². The van der Waals surface area contributed by atoms with Gasteiger partial charge in [-0.15, -0.1) is 0 Å². The van der Waals surface area contributed by atoms with Gasteiger partial charge in [-0.1, -0.05) is 11.6 Å². The Morgan fingerprint density at radius 2 is 2.19 bits per heavy atom. The van der Waals surface area contributed by atoms with Gasteiger partial charge in [0.05, 0.1) is 22.1 Å². The summed E-state index contributed by atoms with van der Waals surface area (Å²) in [6.45, 7) is 1.84. The average Bonchev–Trinajstić information content (AvgIpc) is 2.84. The van der Waals surface area contributed by atoms with E-state index >= 15 is 0 Å². The fourth-order valence-electron chi connectivity index (χ4n) is 2.23. The Bertz CT molecular complexity index is 742. The third-order valence-corrected chi connectivity index (χ3v) is 6.04. The van der Waals surface area contributed by atoms with Crippen LogP contribution < -0.4 is 5.73 Å². The highest BCUT2D eigenvalue weighted by Crippen LogP contribution is 2.35. The van der Waals surface area contributed by atoms with Crippen molar-refractivity contribution in [1.82, 2.24) is 4.31 Å². The van der Waals surface area contributed by atoms with Crippen LogP contribution in [-0.4, -0.2) is 31.7 Å². The molecule has 1 fully saturated rings. The summed E-state index contributed by atoms with van der Waals surface area (Å²) in [6.07, 6.45) is 0.358. The lowest BCUT2D eigenvalue weighted by Gasteiger charge is -2.21. The molecule has 0 saturated carbocycles. The van der Waals surface area contributed by atoms with Crippen molar-refractivity contribution in [1.29, 1.82) is 5.26 Å². The zero-order chi connectivity index (χ0) is 15.8. The Balaban J connectivity index is 2.41. The monoisotopic (exact) mass is 327 g/mol. The van der Waals surface area contributed by atoms with Crippen LogP contribution in [-0.2, 0) is 14.8 Å². The van der Waals surface area contributed by atoms with E-state index in [4.69, 9.17) is 22.6 Å². The zero-order valence-electron chi connectivity index (χ0n) is 11.3. The largest absolute Gasteiger partial charge is 0.369 e. The smallest absolute Gasteiger partial charge is 0.244 e. The molecule has 2 rings (SSSR count). The molecule has 0 radical (unpaired) electrons. The van der Waals surface area contributed by atoms with Crippen molar-refractivity contribution in [2.45, 2.75) is 18.2 Å². The van der Waals surface area contributed by atoms with Crippen LogP contribution in [0.4, 0.5) is 0 Å². The molecule has 21 heavy (non-hydrogen) atoms. The molecule has 0 bridgehead atoms. The van der Waals surface area contributed by atoms with E-state index in [1.54, 1.807) is 6.92 Å². The molecule has 6 nitrogen and oxygen atoms in total. The number of rotatable bonds is 3. The number of hydrogen-bond acceptors (Lipinski definition) is 4. The van der Waals surface area contributed by atoms with Gasteiger partial charge >= 0.3 is 0 Å². The number of nitrogens with two attached hydrogens (primary N) is 1. The van der Waals surface area contributed by atoms with Gasteiger partial charge in [-0.3, -0.25) is 4.79 Å². The molecule has 1 heterocycles. The predicted molar refractivity (Wildman–Crippen MR) is 76.8 cm³/mol. The molecular formula is C13H14ClN3O3S. The first kappa shape index (κ1) is 15.8. The van der Waals surface area contributed by atoms with Gasteiger partial charge in [0.2, 0.25) is 15.9 Å². The number of carbonyl (C=O) groups excluding carboxylic acids is 1. The minimum absolute atomic E-state index is 0.0117. The quantitative estimate of drug-likeness (QED) is 0.897. The summed E-state index contributed by atoms with van der Waals surface area (Å²) in [5.41, 5.74) is 4.64. The van der Waals surface area contributed by atoms with E-state index in [0.717, 1.165) is 0 Å². The summed E-state index contributed by atoms with van der Waals surface area (Å²) >= 11 is 5.94. The van der Waals surface area contributed by atoms with Crippen LogP contribution in [0.2, 0.25) is 5.02 Å². The highest BCUT2D eigenvalue weighted by Gasteiger charge is 2.44. The number of amides is 1. The van der Waals surface area contributed by atoms with E-state index < -0.39 is 21.3 Å². The summed E-state index contributed by atoms with van der Waals surface area (Å²) in [6, 6.07) is 5.92. The second-order valence-electron chi connectivity index (χ2n) is 5.27. The van der Waals surface area contributed by atoms with E-state index in [2.05, 4.69) is 0 Å². The molecule has 1 atom stereocenters. The number of primary amides is 1. The molecule has 1 aromatic rings. The van der Waals surface area contributed by atoms with E-state index in [-0.39, 0.29) is 28.6 Å². The number of nitrogens with zero attached hydrogens (tertiary/aromatic N) is 2. The lowest BCUT2D eigenvalue weighted by atomic mass is 9.89. The van der Waals surface area contributed by atoms with Gasteiger partial charge in [-0.2, -0.15) is 9.57 Å². The van der Waals surface area contributed by atoms with E-state index in [9.17, 15) is 13.2 Å². The van der Waals surface area contributed by atoms with Crippen LogP contribution in [0.15, 0.2) is 23.1 Å². The summed E-state index contributed by atoms with van der Waals surface area (Å²) in [5.74, 6) is -0.530. The number of carbonyl (C=O) groups is 1. The number of halogens is 1. The van der Waals surface area contributed by atoms with Crippen molar-refractivity contribution >= 4 is 27.5 Å². The summed E-state index contributed by atoms with van der Waals surface area (Å²) < 4.78 is 26.4. The zero-order valence-corrected chi connectivity index (χ0v) is 12.9. The normalized spacial score (nSPS) is 22.9. The second kappa shape index (κ2) is 5.30. The van der Waals surface area contributed by atoms with E-state index in [1.165, 1.54) is 22.5 Å². The highest BCUT2D eigenvalue weighted by molar-refractivity contribution is 7.89. The van der Waals surface area contributed by atoms with Crippen LogP contribution in [0.1, 0.15) is 18.9 Å². The maximum absolute atomic E-state index is 12.6. The minimum Gasteiger partial charge on any atom is -0.369 e. The van der Waals surface area contributed by atoms with Crippen molar-refractivity contribution < 1.29 is 13.2 Å². The molecule has 0 aliphatic carbocycles. The number of nitriles is 1. The molecule has 2 N–H and O–H groups in total. The van der Waals surface area contributed by atoms with Crippen LogP contribution in [0.5, 0.6) is 0 Å². The summed E-state index contributed by atoms with van der Waals surface area (Å²) in [4.78, 5) is 11.3. The van der Waals surface area contributed by atoms with Gasteiger partial charge in [0, 0.05) is 13.1 Å². The van der Waals surface area contributed by atoms with Crippen LogP contribution in [0.25, 0.3) is 0 Å². The molecule has 112 valence electrons. The van der Waals surface area contributed by atoms with E-state index in [1.807, 2.05) is 6.07 Å². The minimum atomic E-state index is -3.86. The predicted octanol–water partition coefficient (Wildman–Crippen LogP) is 1.10. The summed E-state index contributed by atoms with van der Waals surface area (Å²) in [7, 11) is -3.86. The average molecular weight is 328 g/mol. The van der Waals surface area contributed by atoms with Crippen molar-refractivity contribution in [3.05, 3.63) is 28.8 Å². The molecule has 1 aliphatic rings. The van der Waals surface area contributed by atoms with Gasteiger partial charge < -0.3 is 5.73 Å². The summed E-state index contributed by atoms with van der Waals surface area (Å²) in [5, 5.41) is 8.92. The fourth-order valence-corrected chi connectivity index (χ4v) is 4.30. The van der Waals surface area contributed by atoms with Gasteiger partial charge in [-0.05, 0) is 31.5 Å². The lowest BCUT2D eigenvalue weighted by molar-refractivity contribution is -0.126.